The van der Waals surface area contributed by atoms with Gasteiger partial charge < -0.3 is 15.2 Å². The third kappa shape index (κ3) is 4.32. The number of thiophene rings is 1. The van der Waals surface area contributed by atoms with Crippen molar-refractivity contribution in [2.24, 2.45) is 0 Å². The molecule has 0 saturated carbocycles. The molecule has 5 nitrogen and oxygen atoms in total. The van der Waals surface area contributed by atoms with Gasteiger partial charge in [-0.25, -0.2) is 0 Å². The molecule has 0 unspecified atom stereocenters. The molecule has 0 bridgehead atoms. The number of carbonyl (C=O) groups is 2. The van der Waals surface area contributed by atoms with E-state index in [-0.39, 0.29) is 12.3 Å². The van der Waals surface area contributed by atoms with Crippen molar-refractivity contribution in [2.75, 3.05) is 12.4 Å². The average Bonchev–Trinajstić information content (AvgIpc) is 2.94. The minimum absolute atomic E-state index is 0.0690. The predicted molar refractivity (Wildman–Crippen MR) is 81.2 cm³/mol. The molecule has 0 saturated heterocycles. The number of carboxylic acid groups (broad SMARTS) is 1. The summed E-state index contributed by atoms with van der Waals surface area (Å²) in [5.74, 6) is -0.394. The van der Waals surface area contributed by atoms with E-state index in [4.69, 9.17) is 9.84 Å². The van der Waals surface area contributed by atoms with Crippen molar-refractivity contribution in [1.29, 1.82) is 0 Å². The number of benzene rings is 1. The monoisotopic (exact) mass is 305 g/mol. The number of carboxylic acids is 1. The lowest BCUT2D eigenvalue weighted by molar-refractivity contribution is -0.136. The number of rotatable bonds is 6. The number of hydrogen-bond donors (Lipinski definition) is 2. The lowest BCUT2D eigenvalue weighted by Crippen LogP contribution is -2.10. The fourth-order valence-corrected chi connectivity index (χ4v) is 2.54. The maximum Gasteiger partial charge on any atom is 0.303 e. The van der Waals surface area contributed by atoms with Crippen LogP contribution >= 0.6 is 11.3 Å². The summed E-state index contributed by atoms with van der Waals surface area (Å²) in [6.45, 7) is 0. The zero-order valence-corrected chi connectivity index (χ0v) is 12.3. The highest BCUT2D eigenvalue weighted by Gasteiger charge is 2.10. The molecular weight excluding hydrogens is 290 g/mol. The van der Waals surface area contributed by atoms with Crippen molar-refractivity contribution >= 4 is 28.9 Å². The molecule has 1 heterocycles. The van der Waals surface area contributed by atoms with Crippen molar-refractivity contribution in [3.8, 4) is 5.75 Å². The van der Waals surface area contributed by atoms with Gasteiger partial charge in [-0.3, -0.25) is 9.59 Å². The first-order valence-electron chi connectivity index (χ1n) is 6.33. The van der Waals surface area contributed by atoms with E-state index < -0.39 is 5.97 Å². The molecule has 0 aliphatic rings. The van der Waals surface area contributed by atoms with Crippen molar-refractivity contribution < 1.29 is 19.4 Å². The normalized spacial score (nSPS) is 10.1. The Kier molecular flexibility index (Phi) is 4.94. The highest BCUT2D eigenvalue weighted by atomic mass is 32.1. The number of nitrogens with one attached hydrogen (secondary N) is 1. The van der Waals surface area contributed by atoms with Gasteiger partial charge in [-0.15, -0.1) is 11.3 Å². The van der Waals surface area contributed by atoms with Crippen LogP contribution in [0, 0.1) is 0 Å². The van der Waals surface area contributed by atoms with E-state index >= 15 is 0 Å². The quantitative estimate of drug-likeness (QED) is 0.860. The molecule has 2 N–H and O–H groups in total. The maximum absolute atomic E-state index is 12.1. The molecule has 0 spiro atoms. The number of anilines is 1. The van der Waals surface area contributed by atoms with Crippen LogP contribution in [-0.2, 0) is 11.2 Å². The Labute approximate surface area is 126 Å². The van der Waals surface area contributed by atoms with Gasteiger partial charge in [0.25, 0.3) is 5.91 Å². The number of aliphatic carboxylic acids is 1. The molecule has 110 valence electrons. The molecular formula is C15H15NO4S. The van der Waals surface area contributed by atoms with E-state index in [9.17, 15) is 9.59 Å². The molecule has 1 amide bonds. The van der Waals surface area contributed by atoms with Crippen molar-refractivity contribution in [3.63, 3.8) is 0 Å². The smallest absolute Gasteiger partial charge is 0.303 e. The van der Waals surface area contributed by atoms with Crippen LogP contribution in [0.25, 0.3) is 0 Å². The summed E-state index contributed by atoms with van der Waals surface area (Å²) in [6.07, 6.45) is 0.505. The van der Waals surface area contributed by atoms with Crippen LogP contribution in [0.2, 0.25) is 0 Å². The van der Waals surface area contributed by atoms with Gasteiger partial charge in [0.2, 0.25) is 0 Å². The zero-order chi connectivity index (χ0) is 15.2. The van der Waals surface area contributed by atoms with Crippen LogP contribution in [-0.4, -0.2) is 24.1 Å². The molecule has 2 rings (SSSR count). The third-order valence-corrected chi connectivity index (χ3v) is 3.75. The summed E-state index contributed by atoms with van der Waals surface area (Å²) in [4.78, 5) is 23.2. The van der Waals surface area contributed by atoms with Gasteiger partial charge in [0, 0.05) is 23.6 Å². The summed E-state index contributed by atoms with van der Waals surface area (Å²) in [5, 5.41) is 13.2. The summed E-state index contributed by atoms with van der Waals surface area (Å²) in [5.41, 5.74) is 1.52. The van der Waals surface area contributed by atoms with Crippen molar-refractivity contribution in [1.82, 2.24) is 0 Å². The molecule has 6 heteroatoms. The van der Waals surface area contributed by atoms with Gasteiger partial charge in [-0.1, -0.05) is 12.1 Å². The zero-order valence-electron chi connectivity index (χ0n) is 11.5. The largest absolute Gasteiger partial charge is 0.496 e. The Balaban J connectivity index is 2.03. The van der Waals surface area contributed by atoms with Crippen LogP contribution in [0.5, 0.6) is 5.75 Å². The van der Waals surface area contributed by atoms with Gasteiger partial charge in [-0.2, -0.15) is 0 Å². The minimum Gasteiger partial charge on any atom is -0.496 e. The first-order chi connectivity index (χ1) is 10.1. The Hall–Kier alpha value is -2.34. The Morgan fingerprint density at radius 2 is 2.14 bits per heavy atom. The maximum atomic E-state index is 12.1. The van der Waals surface area contributed by atoms with Gasteiger partial charge in [0.15, 0.2) is 0 Å². The summed E-state index contributed by atoms with van der Waals surface area (Å²) in [7, 11) is 1.55. The van der Waals surface area contributed by atoms with E-state index in [0.717, 1.165) is 5.56 Å². The highest BCUT2D eigenvalue weighted by Crippen LogP contribution is 2.22. The Morgan fingerprint density at radius 1 is 1.33 bits per heavy atom. The lowest BCUT2D eigenvalue weighted by atomic mass is 10.1. The highest BCUT2D eigenvalue weighted by molar-refractivity contribution is 7.12. The van der Waals surface area contributed by atoms with Gasteiger partial charge in [-0.05, 0) is 24.1 Å². The van der Waals surface area contributed by atoms with Gasteiger partial charge >= 0.3 is 5.97 Å². The van der Waals surface area contributed by atoms with E-state index in [0.29, 0.717) is 22.7 Å². The fraction of sp³-hybridized carbons (Fsp3) is 0.200. The van der Waals surface area contributed by atoms with Crippen LogP contribution in [0.1, 0.15) is 21.7 Å². The fourth-order valence-electron chi connectivity index (χ4n) is 1.79. The van der Waals surface area contributed by atoms with Crippen LogP contribution in [0.3, 0.4) is 0 Å². The number of carbonyl (C=O) groups excluding carboxylic acids is 1. The lowest BCUT2D eigenvalue weighted by Gasteiger charge is -2.06. The number of ether oxygens (including phenoxy) is 1. The molecule has 0 aliphatic heterocycles. The SMILES string of the molecule is COc1csc(C(=O)Nc2cccc(CCC(=O)O)c2)c1. The first-order valence-corrected chi connectivity index (χ1v) is 7.21. The number of aryl methyl sites for hydroxylation is 1. The third-order valence-electron chi connectivity index (χ3n) is 2.85. The number of amides is 1. The van der Waals surface area contributed by atoms with Crippen LogP contribution in [0.15, 0.2) is 35.7 Å². The van der Waals surface area contributed by atoms with E-state index in [1.165, 1.54) is 11.3 Å². The van der Waals surface area contributed by atoms with Crippen LogP contribution in [0.4, 0.5) is 5.69 Å². The summed E-state index contributed by atoms with van der Waals surface area (Å²) < 4.78 is 5.04. The Bertz CT molecular complexity index is 651. The summed E-state index contributed by atoms with van der Waals surface area (Å²) in [6, 6.07) is 8.86. The molecule has 0 radical (unpaired) electrons. The topological polar surface area (TPSA) is 75.6 Å². The molecule has 0 fully saturated rings. The summed E-state index contributed by atoms with van der Waals surface area (Å²) >= 11 is 1.31. The average molecular weight is 305 g/mol. The molecule has 2 aromatic rings. The van der Waals surface area contributed by atoms with E-state index in [1.807, 2.05) is 6.07 Å². The molecule has 21 heavy (non-hydrogen) atoms. The second-order valence-corrected chi connectivity index (χ2v) is 5.31. The molecule has 0 atom stereocenters. The van der Waals surface area contributed by atoms with Gasteiger partial charge in [0.05, 0.1) is 12.0 Å². The Morgan fingerprint density at radius 3 is 2.81 bits per heavy atom. The molecule has 1 aromatic heterocycles. The minimum atomic E-state index is -0.838. The molecule has 0 aliphatic carbocycles. The predicted octanol–water partition coefficient (Wildman–Crippen LogP) is 3.03. The van der Waals surface area contributed by atoms with Gasteiger partial charge in [0.1, 0.15) is 5.75 Å². The second kappa shape index (κ2) is 6.90. The molecule has 1 aromatic carbocycles. The van der Waals surface area contributed by atoms with Crippen molar-refractivity contribution in [3.05, 3.63) is 46.2 Å². The van der Waals surface area contributed by atoms with Crippen molar-refractivity contribution in [2.45, 2.75) is 12.8 Å². The first kappa shape index (κ1) is 15.1. The standard InChI is InChI=1S/C15H15NO4S/c1-20-12-8-13(21-9-12)15(19)16-11-4-2-3-10(7-11)5-6-14(17)18/h2-4,7-9H,5-6H2,1H3,(H,16,19)(H,17,18). The van der Waals surface area contributed by atoms with E-state index in [1.54, 1.807) is 36.8 Å². The second-order valence-electron chi connectivity index (χ2n) is 4.40. The number of methoxy groups -OCH3 is 1. The van der Waals surface area contributed by atoms with E-state index in [2.05, 4.69) is 5.32 Å². The van der Waals surface area contributed by atoms with Crippen LogP contribution < -0.4 is 10.1 Å². The number of hydrogen-bond acceptors (Lipinski definition) is 4.